The first-order valence-electron chi connectivity index (χ1n) is 6.22. The van der Waals surface area contributed by atoms with Crippen LogP contribution in [-0.2, 0) is 12.0 Å². The summed E-state index contributed by atoms with van der Waals surface area (Å²) in [6.45, 7) is 7.09. The number of aromatic nitrogens is 1. The largest absolute Gasteiger partial charge is 0.347 e. The van der Waals surface area contributed by atoms with Crippen molar-refractivity contribution in [2.45, 2.75) is 32.7 Å². The van der Waals surface area contributed by atoms with E-state index in [4.69, 9.17) is 0 Å². The fourth-order valence-corrected chi connectivity index (χ4v) is 2.25. The lowest BCUT2D eigenvalue weighted by Gasteiger charge is -2.19. The molecule has 19 heavy (non-hydrogen) atoms. The van der Waals surface area contributed by atoms with Crippen molar-refractivity contribution in [2.24, 2.45) is 0 Å². The summed E-state index contributed by atoms with van der Waals surface area (Å²) in [5.41, 5.74) is 4.69. The Morgan fingerprint density at radius 2 is 1.95 bits per heavy atom. The number of carbonyl (C=O) groups is 1. The number of thiazole rings is 1. The summed E-state index contributed by atoms with van der Waals surface area (Å²) in [5.74, 6) is -0.124. The number of amides is 1. The van der Waals surface area contributed by atoms with Crippen LogP contribution in [0.5, 0.6) is 0 Å². The highest BCUT2D eigenvalue weighted by Crippen LogP contribution is 2.22. The maximum atomic E-state index is 11.7. The fourth-order valence-electron chi connectivity index (χ4n) is 1.72. The summed E-state index contributed by atoms with van der Waals surface area (Å²) in [6.07, 6.45) is 0. The molecule has 0 unspecified atom stereocenters. The van der Waals surface area contributed by atoms with Crippen molar-refractivity contribution in [3.8, 4) is 0 Å². The molecule has 2 aromatic rings. The third-order valence-electron chi connectivity index (χ3n) is 2.94. The van der Waals surface area contributed by atoms with E-state index in [1.165, 1.54) is 16.9 Å². The first-order valence-corrected chi connectivity index (χ1v) is 7.17. The lowest BCUT2D eigenvalue weighted by Crippen LogP contribution is -2.23. The molecule has 1 N–H and O–H groups in total. The molecule has 3 nitrogen and oxygen atoms in total. The molecule has 0 aliphatic carbocycles. The molecular formula is C15H18N2OS. The predicted octanol–water partition coefficient (Wildman–Crippen LogP) is 3.37. The molecule has 1 amide bonds. The minimum atomic E-state index is -0.124. The van der Waals surface area contributed by atoms with Crippen LogP contribution in [0.15, 0.2) is 35.2 Å². The second kappa shape index (κ2) is 5.53. The van der Waals surface area contributed by atoms with Crippen LogP contribution in [0.3, 0.4) is 0 Å². The number of hydrogen-bond donors (Lipinski definition) is 1. The highest BCUT2D eigenvalue weighted by Gasteiger charge is 2.13. The average Bonchev–Trinajstić information content (AvgIpc) is 2.89. The van der Waals surface area contributed by atoms with Gasteiger partial charge in [-0.25, -0.2) is 4.98 Å². The molecule has 1 heterocycles. The maximum absolute atomic E-state index is 11.7. The molecule has 0 atom stereocenters. The first kappa shape index (κ1) is 13.7. The Morgan fingerprint density at radius 3 is 2.47 bits per heavy atom. The van der Waals surface area contributed by atoms with E-state index in [0.717, 1.165) is 5.56 Å². The van der Waals surface area contributed by atoms with Crippen LogP contribution in [-0.4, -0.2) is 10.9 Å². The van der Waals surface area contributed by atoms with Gasteiger partial charge in [0, 0.05) is 11.9 Å². The minimum Gasteiger partial charge on any atom is -0.347 e. The molecule has 1 aromatic heterocycles. The molecular weight excluding hydrogens is 256 g/mol. The topological polar surface area (TPSA) is 42.0 Å². The highest BCUT2D eigenvalue weighted by atomic mass is 32.1. The van der Waals surface area contributed by atoms with Gasteiger partial charge in [-0.1, -0.05) is 45.0 Å². The van der Waals surface area contributed by atoms with Crippen molar-refractivity contribution < 1.29 is 4.79 Å². The minimum absolute atomic E-state index is 0.124. The molecule has 0 fully saturated rings. The Labute approximate surface area is 117 Å². The van der Waals surface area contributed by atoms with Crippen LogP contribution in [0.4, 0.5) is 0 Å². The molecule has 100 valence electrons. The number of rotatable bonds is 3. The smallest absolute Gasteiger partial charge is 0.271 e. The van der Waals surface area contributed by atoms with Crippen LogP contribution in [0.1, 0.15) is 42.4 Å². The Morgan fingerprint density at radius 1 is 1.26 bits per heavy atom. The van der Waals surface area contributed by atoms with Crippen molar-refractivity contribution in [3.63, 3.8) is 0 Å². The van der Waals surface area contributed by atoms with Gasteiger partial charge in [0.05, 0.1) is 5.51 Å². The fraction of sp³-hybridized carbons (Fsp3) is 0.333. The predicted molar refractivity (Wildman–Crippen MR) is 78.4 cm³/mol. The maximum Gasteiger partial charge on any atom is 0.271 e. The normalized spacial score (nSPS) is 11.3. The van der Waals surface area contributed by atoms with Gasteiger partial charge in [0.1, 0.15) is 5.69 Å². The summed E-state index contributed by atoms with van der Waals surface area (Å²) in [5, 5.41) is 4.61. The monoisotopic (exact) mass is 274 g/mol. The Balaban J connectivity index is 1.95. The summed E-state index contributed by atoms with van der Waals surface area (Å²) < 4.78 is 0. The summed E-state index contributed by atoms with van der Waals surface area (Å²) in [6, 6.07) is 8.35. The van der Waals surface area contributed by atoms with Gasteiger partial charge in [0.15, 0.2) is 0 Å². The van der Waals surface area contributed by atoms with Crippen LogP contribution in [0.25, 0.3) is 0 Å². The van der Waals surface area contributed by atoms with Crippen molar-refractivity contribution in [1.29, 1.82) is 0 Å². The first-order chi connectivity index (χ1) is 8.97. The van der Waals surface area contributed by atoms with E-state index in [-0.39, 0.29) is 11.3 Å². The summed E-state index contributed by atoms with van der Waals surface area (Å²) in [7, 11) is 0. The molecule has 0 radical (unpaired) electrons. The zero-order valence-corrected chi connectivity index (χ0v) is 12.3. The molecule has 1 aromatic carbocycles. The van der Waals surface area contributed by atoms with Crippen molar-refractivity contribution in [2.75, 3.05) is 0 Å². The molecule has 0 spiro atoms. The quantitative estimate of drug-likeness (QED) is 0.932. The SMILES string of the molecule is CC(C)(C)c1ccc(CNC(=O)c2cscn2)cc1. The Bertz CT molecular complexity index is 539. The number of carbonyl (C=O) groups excluding carboxylic acids is 1. The number of nitrogens with zero attached hydrogens (tertiary/aromatic N) is 1. The van der Waals surface area contributed by atoms with Crippen molar-refractivity contribution >= 4 is 17.2 Å². The Hall–Kier alpha value is -1.68. The van der Waals surface area contributed by atoms with Gasteiger partial charge in [0.2, 0.25) is 0 Å². The van der Waals surface area contributed by atoms with Gasteiger partial charge in [-0.05, 0) is 16.5 Å². The van der Waals surface area contributed by atoms with Gasteiger partial charge in [0.25, 0.3) is 5.91 Å². The van der Waals surface area contributed by atoms with Gasteiger partial charge in [-0.15, -0.1) is 11.3 Å². The summed E-state index contributed by atoms with van der Waals surface area (Å²) in [4.78, 5) is 15.7. The van der Waals surface area contributed by atoms with Gasteiger partial charge >= 0.3 is 0 Å². The van der Waals surface area contributed by atoms with Crippen LogP contribution in [0.2, 0.25) is 0 Å². The van der Waals surface area contributed by atoms with Crippen LogP contribution < -0.4 is 5.32 Å². The van der Waals surface area contributed by atoms with E-state index >= 15 is 0 Å². The van der Waals surface area contributed by atoms with E-state index < -0.39 is 0 Å². The van der Waals surface area contributed by atoms with Crippen molar-refractivity contribution in [3.05, 3.63) is 52.0 Å². The van der Waals surface area contributed by atoms with Gasteiger partial charge < -0.3 is 5.32 Å². The number of benzene rings is 1. The molecule has 0 bridgehead atoms. The van der Waals surface area contributed by atoms with Crippen molar-refractivity contribution in [1.82, 2.24) is 10.3 Å². The zero-order chi connectivity index (χ0) is 13.9. The van der Waals surface area contributed by atoms with E-state index in [0.29, 0.717) is 12.2 Å². The molecule has 2 rings (SSSR count). The molecule has 0 saturated heterocycles. The van der Waals surface area contributed by atoms with E-state index in [9.17, 15) is 4.79 Å². The lowest BCUT2D eigenvalue weighted by atomic mass is 9.87. The molecule has 4 heteroatoms. The third kappa shape index (κ3) is 3.64. The van der Waals surface area contributed by atoms with Crippen LogP contribution in [0, 0.1) is 0 Å². The second-order valence-electron chi connectivity index (χ2n) is 5.50. The van der Waals surface area contributed by atoms with Crippen LogP contribution >= 0.6 is 11.3 Å². The van der Waals surface area contributed by atoms with E-state index in [2.05, 4.69) is 55.3 Å². The molecule has 0 aliphatic rings. The van der Waals surface area contributed by atoms with Gasteiger partial charge in [-0.3, -0.25) is 4.79 Å². The average molecular weight is 274 g/mol. The number of nitrogens with one attached hydrogen (secondary N) is 1. The van der Waals surface area contributed by atoms with E-state index in [1.54, 1.807) is 10.9 Å². The molecule has 0 saturated carbocycles. The highest BCUT2D eigenvalue weighted by molar-refractivity contribution is 7.07. The standard InChI is InChI=1S/C15H18N2OS/c1-15(2,3)12-6-4-11(5-7-12)8-16-14(18)13-9-19-10-17-13/h4-7,9-10H,8H2,1-3H3,(H,16,18). The summed E-state index contributed by atoms with van der Waals surface area (Å²) >= 11 is 1.42. The second-order valence-corrected chi connectivity index (χ2v) is 6.22. The third-order valence-corrected chi connectivity index (χ3v) is 3.52. The Kier molecular flexibility index (Phi) is 4.00. The van der Waals surface area contributed by atoms with Gasteiger partial charge in [-0.2, -0.15) is 0 Å². The zero-order valence-electron chi connectivity index (χ0n) is 11.4. The lowest BCUT2D eigenvalue weighted by molar-refractivity contribution is 0.0946. The molecule has 0 aliphatic heterocycles. The number of hydrogen-bond acceptors (Lipinski definition) is 3. The van der Waals surface area contributed by atoms with E-state index in [1.807, 2.05) is 0 Å².